The van der Waals surface area contributed by atoms with Gasteiger partial charge in [0, 0.05) is 44.3 Å². The second-order valence-corrected chi connectivity index (χ2v) is 9.29. The number of aromatic nitrogens is 1. The molecule has 4 heterocycles. The van der Waals surface area contributed by atoms with E-state index >= 15 is 0 Å². The Morgan fingerprint density at radius 1 is 1.06 bits per heavy atom. The van der Waals surface area contributed by atoms with Gasteiger partial charge in [-0.1, -0.05) is 6.07 Å². The van der Waals surface area contributed by atoms with E-state index in [1.807, 2.05) is 31.0 Å². The van der Waals surface area contributed by atoms with E-state index in [0.29, 0.717) is 12.6 Å². The molecule has 0 radical (unpaired) electrons. The molecule has 1 amide bonds. The maximum absolute atomic E-state index is 12.9. The van der Waals surface area contributed by atoms with Crippen LogP contribution in [0, 0.1) is 19.8 Å². The number of carbonyl (C=O) groups excluding carboxylic acids is 1. The van der Waals surface area contributed by atoms with Gasteiger partial charge in [0.25, 0.3) is 0 Å². The Labute approximate surface area is 186 Å². The van der Waals surface area contributed by atoms with Crippen molar-refractivity contribution in [2.75, 3.05) is 33.2 Å². The summed E-state index contributed by atoms with van der Waals surface area (Å²) >= 11 is 0. The van der Waals surface area contributed by atoms with Gasteiger partial charge in [0.1, 0.15) is 11.5 Å². The van der Waals surface area contributed by atoms with E-state index in [1.165, 1.54) is 18.5 Å². The van der Waals surface area contributed by atoms with Crippen molar-refractivity contribution in [2.45, 2.75) is 58.7 Å². The molecule has 6 nitrogen and oxygen atoms in total. The molecule has 0 spiro atoms. The molecule has 2 aromatic rings. The summed E-state index contributed by atoms with van der Waals surface area (Å²) in [6.45, 7) is 9.83. The Kier molecular flexibility index (Phi) is 7.08. The Bertz CT molecular complexity index is 864. The minimum atomic E-state index is 0.143. The summed E-state index contributed by atoms with van der Waals surface area (Å²) < 4.78 is 5.63. The number of pyridine rings is 1. The standard InChI is InChI=1S/C25H36N4O2/c1-19-5-4-6-22(26-19)17-28-13-11-23(12-14-28)29-15-9-21(10-16-29)25(30)27(3)18-24-8-7-20(2)31-24/h4-8,21,23H,9-18H2,1-3H3. The van der Waals surface area contributed by atoms with Crippen molar-refractivity contribution >= 4 is 5.91 Å². The molecule has 0 unspecified atom stereocenters. The Morgan fingerprint density at radius 3 is 2.45 bits per heavy atom. The third-order valence-corrected chi connectivity index (χ3v) is 6.85. The first kappa shape index (κ1) is 22.0. The number of hydrogen-bond acceptors (Lipinski definition) is 5. The number of likely N-dealkylation sites (tertiary alicyclic amines) is 2. The van der Waals surface area contributed by atoms with Crippen LogP contribution in [-0.2, 0) is 17.9 Å². The summed E-state index contributed by atoms with van der Waals surface area (Å²) in [5.74, 6) is 2.16. The van der Waals surface area contributed by atoms with Gasteiger partial charge in [0.15, 0.2) is 0 Å². The smallest absolute Gasteiger partial charge is 0.225 e. The molecule has 0 aromatic carbocycles. The van der Waals surface area contributed by atoms with E-state index in [-0.39, 0.29) is 11.8 Å². The van der Waals surface area contributed by atoms with Gasteiger partial charge in [0.2, 0.25) is 5.91 Å². The number of nitrogens with zero attached hydrogens (tertiary/aromatic N) is 4. The highest BCUT2D eigenvalue weighted by molar-refractivity contribution is 5.78. The fourth-order valence-corrected chi connectivity index (χ4v) is 5.06. The van der Waals surface area contributed by atoms with Gasteiger partial charge in [0.05, 0.1) is 12.2 Å². The lowest BCUT2D eigenvalue weighted by Gasteiger charge is -2.42. The molecule has 2 aliphatic rings. The summed E-state index contributed by atoms with van der Waals surface area (Å²) in [5.41, 5.74) is 2.27. The lowest BCUT2D eigenvalue weighted by molar-refractivity contribution is -0.136. The molecule has 31 heavy (non-hydrogen) atoms. The SMILES string of the molecule is Cc1cccc(CN2CCC(N3CCC(C(=O)N(C)Cc4ccc(C)o4)CC3)CC2)n1. The van der Waals surface area contributed by atoms with Crippen LogP contribution in [0.2, 0.25) is 0 Å². The van der Waals surface area contributed by atoms with E-state index in [9.17, 15) is 4.79 Å². The molecule has 6 heteroatoms. The number of amides is 1. The molecular formula is C25H36N4O2. The molecule has 2 aromatic heterocycles. The molecule has 2 saturated heterocycles. The Hall–Kier alpha value is -2.18. The van der Waals surface area contributed by atoms with Crippen LogP contribution in [0.1, 0.15) is 48.6 Å². The van der Waals surface area contributed by atoms with Crippen molar-refractivity contribution in [1.82, 2.24) is 19.7 Å². The van der Waals surface area contributed by atoms with E-state index < -0.39 is 0 Å². The lowest BCUT2D eigenvalue weighted by Crippen LogP contribution is -2.49. The summed E-state index contributed by atoms with van der Waals surface area (Å²) in [4.78, 5) is 24.5. The molecule has 0 saturated carbocycles. The van der Waals surface area contributed by atoms with E-state index in [2.05, 4.69) is 39.9 Å². The second kappa shape index (κ2) is 9.96. The largest absolute Gasteiger partial charge is 0.464 e. The second-order valence-electron chi connectivity index (χ2n) is 9.29. The molecule has 2 aliphatic heterocycles. The van der Waals surface area contributed by atoms with E-state index in [0.717, 1.165) is 62.8 Å². The summed E-state index contributed by atoms with van der Waals surface area (Å²) in [6.07, 6.45) is 4.35. The van der Waals surface area contributed by atoms with Crippen LogP contribution in [0.4, 0.5) is 0 Å². The van der Waals surface area contributed by atoms with Crippen LogP contribution in [0.5, 0.6) is 0 Å². The topological polar surface area (TPSA) is 52.8 Å². The van der Waals surface area contributed by atoms with Gasteiger partial charge in [-0.2, -0.15) is 0 Å². The Morgan fingerprint density at radius 2 is 1.81 bits per heavy atom. The molecule has 4 rings (SSSR count). The normalized spacial score (nSPS) is 19.6. The van der Waals surface area contributed by atoms with Crippen LogP contribution >= 0.6 is 0 Å². The number of furan rings is 1. The molecule has 2 fully saturated rings. The zero-order valence-corrected chi connectivity index (χ0v) is 19.2. The highest BCUT2D eigenvalue weighted by Gasteiger charge is 2.32. The van der Waals surface area contributed by atoms with Crippen LogP contribution < -0.4 is 0 Å². The van der Waals surface area contributed by atoms with E-state index in [1.54, 1.807) is 0 Å². The van der Waals surface area contributed by atoms with Gasteiger partial charge >= 0.3 is 0 Å². The molecule has 0 bridgehead atoms. The lowest BCUT2D eigenvalue weighted by atomic mass is 9.92. The van der Waals surface area contributed by atoms with Gasteiger partial charge in [-0.25, -0.2) is 0 Å². The van der Waals surface area contributed by atoms with Gasteiger partial charge in [-0.3, -0.25) is 14.7 Å². The fourth-order valence-electron chi connectivity index (χ4n) is 5.06. The first-order valence-corrected chi connectivity index (χ1v) is 11.7. The van der Waals surface area contributed by atoms with Gasteiger partial charge < -0.3 is 14.2 Å². The molecule has 0 atom stereocenters. The first-order chi connectivity index (χ1) is 15.0. The number of aryl methyl sites for hydroxylation is 2. The third-order valence-electron chi connectivity index (χ3n) is 6.85. The number of carbonyl (C=O) groups is 1. The molecule has 0 aliphatic carbocycles. The average molecular weight is 425 g/mol. The van der Waals surface area contributed by atoms with Crippen LogP contribution in [0.15, 0.2) is 34.7 Å². The molecule has 168 valence electrons. The molecule has 0 N–H and O–H groups in total. The van der Waals surface area contributed by atoms with E-state index in [4.69, 9.17) is 4.42 Å². The van der Waals surface area contributed by atoms with Crippen molar-refractivity contribution in [3.63, 3.8) is 0 Å². The van der Waals surface area contributed by atoms with Gasteiger partial charge in [-0.15, -0.1) is 0 Å². The quantitative estimate of drug-likeness (QED) is 0.709. The first-order valence-electron chi connectivity index (χ1n) is 11.7. The average Bonchev–Trinajstić information content (AvgIpc) is 3.18. The number of piperidine rings is 2. The van der Waals surface area contributed by atoms with Gasteiger partial charge in [-0.05, 0) is 76.9 Å². The summed E-state index contributed by atoms with van der Waals surface area (Å²) in [6, 6.07) is 10.9. The van der Waals surface area contributed by atoms with Crippen LogP contribution in [0.3, 0.4) is 0 Å². The van der Waals surface area contributed by atoms with Crippen molar-refractivity contribution < 1.29 is 9.21 Å². The van der Waals surface area contributed by atoms with Crippen LogP contribution in [-0.4, -0.2) is 64.9 Å². The fraction of sp³-hybridized carbons (Fsp3) is 0.600. The summed E-state index contributed by atoms with van der Waals surface area (Å²) in [5, 5.41) is 0. The predicted molar refractivity (Wildman–Crippen MR) is 121 cm³/mol. The minimum absolute atomic E-state index is 0.143. The van der Waals surface area contributed by atoms with Crippen LogP contribution in [0.25, 0.3) is 0 Å². The number of rotatable bonds is 6. The minimum Gasteiger partial charge on any atom is -0.464 e. The van der Waals surface area contributed by atoms with Crippen molar-refractivity contribution in [3.8, 4) is 0 Å². The van der Waals surface area contributed by atoms with Crippen molar-refractivity contribution in [2.24, 2.45) is 5.92 Å². The zero-order valence-electron chi connectivity index (χ0n) is 19.2. The molecular weight excluding hydrogens is 388 g/mol. The van der Waals surface area contributed by atoms with Crippen molar-refractivity contribution in [1.29, 1.82) is 0 Å². The maximum Gasteiger partial charge on any atom is 0.225 e. The summed E-state index contributed by atoms with van der Waals surface area (Å²) in [7, 11) is 1.89. The Balaban J connectivity index is 1.20. The maximum atomic E-state index is 12.9. The highest BCUT2D eigenvalue weighted by atomic mass is 16.3. The monoisotopic (exact) mass is 424 g/mol. The highest BCUT2D eigenvalue weighted by Crippen LogP contribution is 2.26. The zero-order chi connectivity index (χ0) is 21.8. The third kappa shape index (κ3) is 5.74. The number of hydrogen-bond donors (Lipinski definition) is 0. The van der Waals surface area contributed by atoms with Crippen molar-refractivity contribution in [3.05, 3.63) is 53.2 Å². The predicted octanol–water partition coefficient (Wildman–Crippen LogP) is 3.63.